The maximum Gasteiger partial charge on any atom is 0.275 e. The van der Waals surface area contributed by atoms with Gasteiger partial charge in [-0.1, -0.05) is 22.9 Å². The van der Waals surface area contributed by atoms with Crippen LogP contribution in [0.15, 0.2) is 45.9 Å². The van der Waals surface area contributed by atoms with E-state index in [4.69, 9.17) is 0 Å². The molecule has 3 rings (SSSR count). The summed E-state index contributed by atoms with van der Waals surface area (Å²) in [5, 5.41) is 2.93. The van der Waals surface area contributed by atoms with E-state index in [-0.39, 0.29) is 5.91 Å². The molecule has 2 aromatic rings. The number of anilines is 1. The number of halogens is 2. The summed E-state index contributed by atoms with van der Waals surface area (Å²) in [6.45, 7) is 2.07. The second-order valence-electron chi connectivity index (χ2n) is 4.73. The zero-order valence-electron chi connectivity index (χ0n) is 11.3. The molecule has 0 aromatic heterocycles. The van der Waals surface area contributed by atoms with Crippen LogP contribution in [0, 0.1) is 3.57 Å². The summed E-state index contributed by atoms with van der Waals surface area (Å²) >= 11 is 5.75. The molecule has 1 aliphatic rings. The zero-order chi connectivity index (χ0) is 15.0. The van der Waals surface area contributed by atoms with Crippen molar-refractivity contribution >= 4 is 61.5 Å². The van der Waals surface area contributed by atoms with Crippen molar-refractivity contribution in [3.05, 3.63) is 55.6 Å². The molecule has 5 heteroatoms. The summed E-state index contributed by atoms with van der Waals surface area (Å²) < 4.78 is 2.11. The van der Waals surface area contributed by atoms with Crippen LogP contribution in [-0.4, -0.2) is 11.6 Å². The van der Waals surface area contributed by atoms with Gasteiger partial charge in [-0.05, 0) is 71.0 Å². The molecular weight excluding hydrogens is 443 g/mol. The average molecular weight is 455 g/mol. The normalized spacial score (nSPS) is 15.2. The molecule has 106 valence electrons. The van der Waals surface area contributed by atoms with Crippen molar-refractivity contribution in [2.24, 2.45) is 4.99 Å². The quantitative estimate of drug-likeness (QED) is 0.657. The van der Waals surface area contributed by atoms with Gasteiger partial charge in [0.25, 0.3) is 5.91 Å². The van der Waals surface area contributed by atoms with Crippen LogP contribution in [0.2, 0.25) is 0 Å². The lowest BCUT2D eigenvalue weighted by molar-refractivity contribution is -0.110. The Morgan fingerprint density at radius 3 is 2.62 bits per heavy atom. The van der Waals surface area contributed by atoms with Crippen LogP contribution in [-0.2, 0) is 11.2 Å². The smallest absolute Gasteiger partial charge is 0.275 e. The minimum atomic E-state index is -0.142. The van der Waals surface area contributed by atoms with Crippen molar-refractivity contribution in [2.45, 2.75) is 13.3 Å². The summed E-state index contributed by atoms with van der Waals surface area (Å²) in [5.41, 5.74) is 4.12. The Bertz CT molecular complexity index is 754. The van der Waals surface area contributed by atoms with E-state index >= 15 is 0 Å². The SMILES string of the molecule is CCc1cc(Br)cc2c1NC(=O)C2=Nc1ccc(I)cc1. The molecule has 0 bridgehead atoms. The third-order valence-electron chi connectivity index (χ3n) is 3.34. The van der Waals surface area contributed by atoms with Crippen LogP contribution in [0.1, 0.15) is 18.1 Å². The first-order valence-corrected chi connectivity index (χ1v) is 8.44. The molecule has 0 fully saturated rings. The Kier molecular flexibility index (Phi) is 4.12. The molecule has 2 aromatic carbocycles. The molecule has 0 radical (unpaired) electrons. The number of carbonyl (C=O) groups is 1. The fourth-order valence-corrected chi connectivity index (χ4v) is 3.19. The lowest BCUT2D eigenvalue weighted by atomic mass is 10.0. The molecule has 1 aliphatic heterocycles. The topological polar surface area (TPSA) is 41.5 Å². The molecule has 1 N–H and O–H groups in total. The third-order valence-corrected chi connectivity index (χ3v) is 4.52. The largest absolute Gasteiger partial charge is 0.320 e. The average Bonchev–Trinajstić information content (AvgIpc) is 2.77. The lowest BCUT2D eigenvalue weighted by Gasteiger charge is -2.06. The highest BCUT2D eigenvalue weighted by molar-refractivity contribution is 14.1. The van der Waals surface area contributed by atoms with E-state index in [9.17, 15) is 4.79 Å². The van der Waals surface area contributed by atoms with E-state index in [1.54, 1.807) is 0 Å². The molecular formula is C16H12BrIN2O. The third kappa shape index (κ3) is 2.89. The van der Waals surface area contributed by atoms with Crippen LogP contribution >= 0.6 is 38.5 Å². The number of fused-ring (bicyclic) bond motifs is 1. The number of benzene rings is 2. The van der Waals surface area contributed by atoms with Crippen LogP contribution in [0.4, 0.5) is 11.4 Å². The van der Waals surface area contributed by atoms with Gasteiger partial charge in [0.1, 0.15) is 5.71 Å². The van der Waals surface area contributed by atoms with Gasteiger partial charge in [-0.2, -0.15) is 0 Å². The molecule has 0 saturated carbocycles. The maximum absolute atomic E-state index is 12.2. The number of rotatable bonds is 2. The van der Waals surface area contributed by atoms with Gasteiger partial charge in [-0.3, -0.25) is 4.79 Å². The highest BCUT2D eigenvalue weighted by Crippen LogP contribution is 2.32. The van der Waals surface area contributed by atoms with Crippen LogP contribution in [0.25, 0.3) is 0 Å². The van der Waals surface area contributed by atoms with Gasteiger partial charge in [-0.15, -0.1) is 0 Å². The van der Waals surface area contributed by atoms with E-state index in [1.807, 2.05) is 36.4 Å². The number of nitrogens with zero attached hydrogens (tertiary/aromatic N) is 1. The molecule has 1 amide bonds. The second kappa shape index (κ2) is 5.88. The number of hydrogen-bond acceptors (Lipinski definition) is 2. The molecule has 0 spiro atoms. The Balaban J connectivity index is 2.12. The number of amides is 1. The van der Waals surface area contributed by atoms with Gasteiger partial charge in [-0.25, -0.2) is 4.99 Å². The fraction of sp³-hybridized carbons (Fsp3) is 0.125. The number of carbonyl (C=O) groups excluding carboxylic acids is 1. The first-order chi connectivity index (χ1) is 10.1. The number of hydrogen-bond donors (Lipinski definition) is 1. The monoisotopic (exact) mass is 454 g/mol. The summed E-state index contributed by atoms with van der Waals surface area (Å²) in [4.78, 5) is 16.7. The zero-order valence-corrected chi connectivity index (χ0v) is 15.0. The Hall–Kier alpha value is -1.21. The van der Waals surface area contributed by atoms with Crippen molar-refractivity contribution in [1.29, 1.82) is 0 Å². The maximum atomic E-state index is 12.2. The first kappa shape index (κ1) is 14.7. The first-order valence-electron chi connectivity index (χ1n) is 6.57. The van der Waals surface area contributed by atoms with Gasteiger partial charge in [0.05, 0.1) is 11.4 Å². The summed E-state index contributed by atoms with van der Waals surface area (Å²) in [6, 6.07) is 11.8. The summed E-state index contributed by atoms with van der Waals surface area (Å²) in [6.07, 6.45) is 0.860. The van der Waals surface area contributed by atoms with Crippen molar-refractivity contribution in [3.8, 4) is 0 Å². The van der Waals surface area contributed by atoms with Crippen LogP contribution in [0.3, 0.4) is 0 Å². The minimum Gasteiger partial charge on any atom is -0.320 e. The fourth-order valence-electron chi connectivity index (χ4n) is 2.33. The van der Waals surface area contributed by atoms with Gasteiger partial charge in [0.15, 0.2) is 0 Å². The standard InChI is InChI=1S/C16H12BrIN2O/c1-2-9-7-10(17)8-13-14(9)20-16(21)15(13)19-12-5-3-11(18)4-6-12/h3-8H,2H2,1H3,(H,19,20,21). The van der Waals surface area contributed by atoms with E-state index in [0.29, 0.717) is 5.71 Å². The highest BCUT2D eigenvalue weighted by Gasteiger charge is 2.28. The lowest BCUT2D eigenvalue weighted by Crippen LogP contribution is -2.14. The van der Waals surface area contributed by atoms with Crippen molar-refractivity contribution in [2.75, 3.05) is 5.32 Å². The summed E-state index contributed by atoms with van der Waals surface area (Å²) in [7, 11) is 0. The predicted octanol–water partition coefficient (Wildman–Crippen LogP) is 4.69. The Morgan fingerprint density at radius 1 is 1.24 bits per heavy atom. The molecule has 21 heavy (non-hydrogen) atoms. The van der Waals surface area contributed by atoms with Crippen molar-refractivity contribution < 1.29 is 4.79 Å². The number of nitrogens with one attached hydrogen (secondary N) is 1. The minimum absolute atomic E-state index is 0.142. The van der Waals surface area contributed by atoms with E-state index < -0.39 is 0 Å². The van der Waals surface area contributed by atoms with Gasteiger partial charge < -0.3 is 5.32 Å². The predicted molar refractivity (Wildman–Crippen MR) is 97.5 cm³/mol. The van der Waals surface area contributed by atoms with Crippen LogP contribution in [0.5, 0.6) is 0 Å². The Labute approximate surface area is 145 Å². The molecule has 1 heterocycles. The van der Waals surface area contributed by atoms with Crippen molar-refractivity contribution in [1.82, 2.24) is 0 Å². The van der Waals surface area contributed by atoms with E-state index in [0.717, 1.165) is 37.0 Å². The molecule has 0 saturated heterocycles. The number of aryl methyl sites for hydroxylation is 1. The van der Waals surface area contributed by atoms with Gasteiger partial charge in [0.2, 0.25) is 0 Å². The van der Waals surface area contributed by atoms with Crippen LogP contribution < -0.4 is 5.32 Å². The van der Waals surface area contributed by atoms with Gasteiger partial charge >= 0.3 is 0 Å². The molecule has 3 nitrogen and oxygen atoms in total. The highest BCUT2D eigenvalue weighted by atomic mass is 127. The molecule has 0 atom stereocenters. The molecule has 0 unspecified atom stereocenters. The number of aliphatic imine (C=N–C) groups is 1. The van der Waals surface area contributed by atoms with Gasteiger partial charge in [0, 0.05) is 13.6 Å². The molecule has 0 aliphatic carbocycles. The van der Waals surface area contributed by atoms with Crippen molar-refractivity contribution in [3.63, 3.8) is 0 Å². The van der Waals surface area contributed by atoms with E-state index in [2.05, 4.69) is 55.8 Å². The summed E-state index contributed by atoms with van der Waals surface area (Å²) in [5.74, 6) is -0.142. The Morgan fingerprint density at radius 2 is 1.95 bits per heavy atom. The second-order valence-corrected chi connectivity index (χ2v) is 6.89. The van der Waals surface area contributed by atoms with E-state index in [1.165, 1.54) is 0 Å².